The van der Waals surface area contributed by atoms with Gasteiger partial charge in [0.25, 0.3) is 0 Å². The maximum atomic E-state index is 12.9. The molecule has 0 aliphatic carbocycles. The molecule has 0 amide bonds. The van der Waals surface area contributed by atoms with Crippen molar-refractivity contribution in [3.05, 3.63) is 29.3 Å². The lowest BCUT2D eigenvalue weighted by Gasteiger charge is -2.18. The van der Waals surface area contributed by atoms with E-state index in [1.807, 2.05) is 0 Å². The number of carboxylic acids is 2. The van der Waals surface area contributed by atoms with E-state index in [1.165, 1.54) is 0 Å². The molecule has 1 aromatic carbocycles. The van der Waals surface area contributed by atoms with Gasteiger partial charge in [0.1, 0.15) is 5.75 Å². The minimum absolute atomic E-state index is 0.0350. The molecule has 1 atom stereocenters. The average molecular weight is 306 g/mol. The van der Waals surface area contributed by atoms with Crippen LogP contribution >= 0.6 is 0 Å². The topological polar surface area (TPSA) is 83.8 Å². The van der Waals surface area contributed by atoms with E-state index >= 15 is 0 Å². The highest BCUT2D eigenvalue weighted by molar-refractivity contribution is 5.88. The van der Waals surface area contributed by atoms with E-state index in [0.717, 1.165) is 12.1 Å². The van der Waals surface area contributed by atoms with Crippen molar-refractivity contribution in [3.8, 4) is 5.75 Å². The molecule has 21 heavy (non-hydrogen) atoms. The number of aliphatic carboxylic acids is 1. The third kappa shape index (κ3) is 4.37. The van der Waals surface area contributed by atoms with Gasteiger partial charge in [0, 0.05) is 0 Å². The highest BCUT2D eigenvalue weighted by Gasteiger charge is 2.36. The van der Waals surface area contributed by atoms with Crippen molar-refractivity contribution < 1.29 is 37.7 Å². The number of aromatic carboxylic acids is 1. The normalized spacial score (nSPS) is 12.8. The SMILES string of the molecule is CCCC(Oc1ccc(C(=O)O)cc1C(F)(F)F)C(=O)O. The Labute approximate surface area is 118 Å². The quantitative estimate of drug-likeness (QED) is 0.844. The Morgan fingerprint density at radius 3 is 2.33 bits per heavy atom. The van der Waals surface area contributed by atoms with E-state index in [9.17, 15) is 22.8 Å². The third-order valence-corrected chi connectivity index (χ3v) is 2.63. The van der Waals surface area contributed by atoms with Gasteiger partial charge in [-0.1, -0.05) is 13.3 Å². The summed E-state index contributed by atoms with van der Waals surface area (Å²) >= 11 is 0. The fraction of sp³-hybridized carbons (Fsp3) is 0.385. The molecule has 0 bridgehead atoms. The van der Waals surface area contributed by atoms with Crippen molar-refractivity contribution in [1.82, 2.24) is 0 Å². The Kier molecular flexibility index (Phi) is 5.17. The molecular formula is C13H13F3O5. The highest BCUT2D eigenvalue weighted by atomic mass is 19.4. The van der Waals surface area contributed by atoms with Crippen molar-refractivity contribution in [1.29, 1.82) is 0 Å². The van der Waals surface area contributed by atoms with Crippen molar-refractivity contribution >= 4 is 11.9 Å². The van der Waals surface area contributed by atoms with Gasteiger partial charge in [0.05, 0.1) is 11.1 Å². The Morgan fingerprint density at radius 2 is 1.90 bits per heavy atom. The number of rotatable bonds is 6. The van der Waals surface area contributed by atoms with Crippen molar-refractivity contribution in [2.45, 2.75) is 32.0 Å². The van der Waals surface area contributed by atoms with Crippen LogP contribution in [0.1, 0.15) is 35.7 Å². The molecule has 1 aromatic rings. The van der Waals surface area contributed by atoms with Crippen LogP contribution < -0.4 is 4.74 Å². The number of benzene rings is 1. The standard InChI is InChI=1S/C13H13F3O5/c1-2-3-10(12(19)20)21-9-5-4-7(11(17)18)6-8(9)13(14,15)16/h4-6,10H,2-3H2,1H3,(H,17,18)(H,19,20). The molecule has 1 unspecified atom stereocenters. The van der Waals surface area contributed by atoms with E-state index < -0.39 is 41.1 Å². The minimum Gasteiger partial charge on any atom is -0.479 e. The molecule has 2 N–H and O–H groups in total. The highest BCUT2D eigenvalue weighted by Crippen LogP contribution is 2.37. The number of carboxylic acid groups (broad SMARTS) is 2. The zero-order valence-corrected chi connectivity index (χ0v) is 11.0. The average Bonchev–Trinajstić information content (AvgIpc) is 2.36. The van der Waals surface area contributed by atoms with Crippen LogP contribution in [0.25, 0.3) is 0 Å². The van der Waals surface area contributed by atoms with Crippen molar-refractivity contribution in [2.75, 3.05) is 0 Å². The van der Waals surface area contributed by atoms with Crippen LogP contribution in [0.2, 0.25) is 0 Å². The van der Waals surface area contributed by atoms with Crippen molar-refractivity contribution in [2.24, 2.45) is 0 Å². The van der Waals surface area contributed by atoms with Crippen LogP contribution in [0.3, 0.4) is 0 Å². The fourth-order valence-electron chi connectivity index (χ4n) is 1.64. The summed E-state index contributed by atoms with van der Waals surface area (Å²) in [5.41, 5.74) is -1.87. The number of hydrogen-bond acceptors (Lipinski definition) is 3. The second-order valence-corrected chi connectivity index (χ2v) is 4.25. The summed E-state index contributed by atoms with van der Waals surface area (Å²) in [5.74, 6) is -3.60. The molecule has 0 spiro atoms. The molecule has 0 aliphatic heterocycles. The van der Waals surface area contributed by atoms with Gasteiger partial charge < -0.3 is 14.9 Å². The number of carbonyl (C=O) groups is 2. The summed E-state index contributed by atoms with van der Waals surface area (Å²) in [4.78, 5) is 21.7. The summed E-state index contributed by atoms with van der Waals surface area (Å²) < 4.78 is 43.6. The summed E-state index contributed by atoms with van der Waals surface area (Å²) in [6, 6.07) is 2.16. The Hall–Kier alpha value is -2.25. The first-order chi connectivity index (χ1) is 9.66. The van der Waals surface area contributed by atoms with Crippen LogP contribution in [-0.2, 0) is 11.0 Å². The van der Waals surface area contributed by atoms with Gasteiger partial charge in [-0.05, 0) is 24.6 Å². The number of hydrogen-bond donors (Lipinski definition) is 2. The predicted molar refractivity (Wildman–Crippen MR) is 65.4 cm³/mol. The van der Waals surface area contributed by atoms with Crippen LogP contribution in [0.4, 0.5) is 13.2 Å². The molecule has 0 aliphatic rings. The van der Waals surface area contributed by atoms with E-state index in [2.05, 4.69) is 0 Å². The van der Waals surface area contributed by atoms with Crippen LogP contribution in [-0.4, -0.2) is 28.3 Å². The molecule has 0 radical (unpaired) electrons. The van der Waals surface area contributed by atoms with Gasteiger partial charge in [-0.3, -0.25) is 0 Å². The zero-order valence-electron chi connectivity index (χ0n) is 11.0. The van der Waals surface area contributed by atoms with Gasteiger partial charge in [0.15, 0.2) is 6.10 Å². The molecule has 116 valence electrons. The molecule has 1 rings (SSSR count). The summed E-state index contributed by atoms with van der Waals surface area (Å²) in [5, 5.41) is 17.6. The summed E-state index contributed by atoms with van der Waals surface area (Å²) in [7, 11) is 0. The summed E-state index contributed by atoms with van der Waals surface area (Å²) in [6.07, 6.45) is -5.83. The second-order valence-electron chi connectivity index (χ2n) is 4.25. The predicted octanol–water partition coefficient (Wildman–Crippen LogP) is 3.04. The van der Waals surface area contributed by atoms with E-state index in [1.54, 1.807) is 6.92 Å². The largest absolute Gasteiger partial charge is 0.479 e. The van der Waals surface area contributed by atoms with Gasteiger partial charge in [-0.25, -0.2) is 9.59 Å². The maximum Gasteiger partial charge on any atom is 0.419 e. The van der Waals surface area contributed by atoms with Gasteiger partial charge in [-0.2, -0.15) is 13.2 Å². The molecule has 8 heteroatoms. The van der Waals surface area contributed by atoms with Crippen LogP contribution in [0.15, 0.2) is 18.2 Å². The second kappa shape index (κ2) is 6.47. The van der Waals surface area contributed by atoms with E-state index in [-0.39, 0.29) is 6.42 Å². The molecule has 5 nitrogen and oxygen atoms in total. The van der Waals surface area contributed by atoms with Gasteiger partial charge in [-0.15, -0.1) is 0 Å². The number of halogens is 3. The molecule has 0 saturated heterocycles. The first-order valence-corrected chi connectivity index (χ1v) is 6.00. The van der Waals surface area contributed by atoms with Crippen molar-refractivity contribution in [3.63, 3.8) is 0 Å². The first kappa shape index (κ1) is 16.8. The monoisotopic (exact) mass is 306 g/mol. The van der Waals surface area contributed by atoms with Gasteiger partial charge >= 0.3 is 18.1 Å². The Bertz CT molecular complexity index is 539. The molecule has 0 aromatic heterocycles. The minimum atomic E-state index is -4.85. The fourth-order valence-corrected chi connectivity index (χ4v) is 1.64. The molecule has 0 heterocycles. The van der Waals surface area contributed by atoms with Crippen LogP contribution in [0.5, 0.6) is 5.75 Å². The van der Waals surface area contributed by atoms with Crippen LogP contribution in [0, 0.1) is 0 Å². The lowest BCUT2D eigenvalue weighted by molar-refractivity contribution is -0.148. The maximum absolute atomic E-state index is 12.9. The number of ether oxygens (including phenoxy) is 1. The lowest BCUT2D eigenvalue weighted by Crippen LogP contribution is -2.27. The lowest BCUT2D eigenvalue weighted by atomic mass is 10.1. The Morgan fingerprint density at radius 1 is 1.29 bits per heavy atom. The number of alkyl halides is 3. The van der Waals surface area contributed by atoms with E-state index in [4.69, 9.17) is 14.9 Å². The van der Waals surface area contributed by atoms with E-state index in [0.29, 0.717) is 12.5 Å². The summed E-state index contributed by atoms with van der Waals surface area (Å²) in [6.45, 7) is 1.66. The molecule has 0 saturated carbocycles. The Balaban J connectivity index is 3.22. The third-order valence-electron chi connectivity index (χ3n) is 2.63. The first-order valence-electron chi connectivity index (χ1n) is 6.00. The van der Waals surface area contributed by atoms with Gasteiger partial charge in [0.2, 0.25) is 0 Å². The zero-order chi connectivity index (χ0) is 16.2. The molecular weight excluding hydrogens is 293 g/mol. The molecule has 0 fully saturated rings. The smallest absolute Gasteiger partial charge is 0.419 e.